The maximum absolute atomic E-state index is 6.13. The minimum Gasteiger partial charge on any atom is -0.435 e. The van der Waals surface area contributed by atoms with Crippen LogP contribution in [-0.4, -0.2) is 4.98 Å². The standard InChI is InChI=1S/C13H7Cl2NOS/c14-8-3-4-9(10(15)6-8)11-7-16-13(17-11)12-2-1-5-18-12/h1-7H. The van der Waals surface area contributed by atoms with Crippen LogP contribution in [0.3, 0.4) is 0 Å². The predicted octanol–water partition coefficient (Wildman–Crippen LogP) is 5.38. The fourth-order valence-electron chi connectivity index (χ4n) is 1.60. The molecule has 2 heterocycles. The van der Waals surface area contributed by atoms with Crippen LogP contribution in [0.1, 0.15) is 0 Å². The molecule has 0 radical (unpaired) electrons. The van der Waals surface area contributed by atoms with Crippen LogP contribution in [-0.2, 0) is 0 Å². The first-order valence-corrected chi connectivity index (χ1v) is 6.83. The predicted molar refractivity (Wildman–Crippen MR) is 75.3 cm³/mol. The minimum atomic E-state index is 0.552. The Labute approximate surface area is 118 Å². The zero-order chi connectivity index (χ0) is 12.5. The Bertz CT molecular complexity index is 676. The second-order valence-electron chi connectivity index (χ2n) is 3.63. The Morgan fingerprint density at radius 1 is 1.17 bits per heavy atom. The largest absolute Gasteiger partial charge is 0.435 e. The highest BCUT2D eigenvalue weighted by atomic mass is 35.5. The van der Waals surface area contributed by atoms with Crippen molar-refractivity contribution in [2.75, 3.05) is 0 Å². The normalized spacial score (nSPS) is 10.8. The Morgan fingerprint density at radius 2 is 2.06 bits per heavy atom. The molecule has 2 nitrogen and oxygen atoms in total. The molecule has 3 rings (SSSR count). The molecule has 0 unspecified atom stereocenters. The summed E-state index contributed by atoms with van der Waals surface area (Å²) in [4.78, 5) is 5.24. The average molecular weight is 296 g/mol. The third-order valence-corrected chi connectivity index (χ3v) is 3.84. The van der Waals surface area contributed by atoms with Gasteiger partial charge in [-0.05, 0) is 29.6 Å². The van der Waals surface area contributed by atoms with E-state index < -0.39 is 0 Å². The van der Waals surface area contributed by atoms with Crippen LogP contribution in [0, 0.1) is 0 Å². The lowest BCUT2D eigenvalue weighted by Crippen LogP contribution is -1.76. The van der Waals surface area contributed by atoms with Gasteiger partial charge in [0.1, 0.15) is 0 Å². The molecule has 5 heteroatoms. The summed E-state index contributed by atoms with van der Waals surface area (Å²) in [7, 11) is 0. The molecule has 0 amide bonds. The summed E-state index contributed by atoms with van der Waals surface area (Å²) in [5, 5.41) is 3.13. The van der Waals surface area contributed by atoms with Crippen molar-refractivity contribution in [2.24, 2.45) is 0 Å². The number of aromatic nitrogens is 1. The van der Waals surface area contributed by atoms with Gasteiger partial charge in [0, 0.05) is 10.6 Å². The van der Waals surface area contributed by atoms with Crippen molar-refractivity contribution in [3.63, 3.8) is 0 Å². The lowest BCUT2D eigenvalue weighted by molar-refractivity contribution is 0.590. The van der Waals surface area contributed by atoms with E-state index >= 15 is 0 Å². The van der Waals surface area contributed by atoms with Crippen molar-refractivity contribution in [3.05, 3.63) is 52.0 Å². The summed E-state index contributed by atoms with van der Waals surface area (Å²) >= 11 is 13.6. The van der Waals surface area contributed by atoms with E-state index in [1.165, 1.54) is 0 Å². The van der Waals surface area contributed by atoms with Gasteiger partial charge < -0.3 is 4.42 Å². The van der Waals surface area contributed by atoms with E-state index in [4.69, 9.17) is 27.6 Å². The number of benzene rings is 1. The second-order valence-corrected chi connectivity index (χ2v) is 5.42. The molecular formula is C13H7Cl2NOS. The molecule has 0 spiro atoms. The quantitative estimate of drug-likeness (QED) is 0.634. The second kappa shape index (κ2) is 4.76. The molecule has 18 heavy (non-hydrogen) atoms. The number of thiophene rings is 1. The van der Waals surface area contributed by atoms with E-state index in [1.54, 1.807) is 29.7 Å². The van der Waals surface area contributed by atoms with E-state index in [0.717, 1.165) is 10.4 Å². The summed E-state index contributed by atoms with van der Waals surface area (Å²) in [5.41, 5.74) is 0.788. The van der Waals surface area contributed by atoms with Crippen LogP contribution < -0.4 is 0 Å². The van der Waals surface area contributed by atoms with Gasteiger partial charge >= 0.3 is 0 Å². The molecule has 0 bridgehead atoms. The molecule has 0 N–H and O–H groups in total. The summed E-state index contributed by atoms with van der Waals surface area (Å²) in [6.07, 6.45) is 1.67. The molecule has 0 saturated carbocycles. The van der Waals surface area contributed by atoms with E-state index in [0.29, 0.717) is 21.7 Å². The molecule has 0 atom stereocenters. The van der Waals surface area contributed by atoms with Crippen LogP contribution in [0.5, 0.6) is 0 Å². The van der Waals surface area contributed by atoms with Crippen LogP contribution in [0.4, 0.5) is 0 Å². The Kier molecular flexibility index (Phi) is 3.12. The molecule has 0 aliphatic heterocycles. The number of hydrogen-bond acceptors (Lipinski definition) is 3. The van der Waals surface area contributed by atoms with Gasteiger partial charge in [0.2, 0.25) is 5.89 Å². The van der Waals surface area contributed by atoms with Crippen molar-refractivity contribution < 1.29 is 4.42 Å². The van der Waals surface area contributed by atoms with Crippen molar-refractivity contribution in [2.45, 2.75) is 0 Å². The zero-order valence-electron chi connectivity index (χ0n) is 9.06. The Morgan fingerprint density at radius 3 is 2.78 bits per heavy atom. The molecule has 0 aliphatic rings. The van der Waals surface area contributed by atoms with Crippen LogP contribution in [0.15, 0.2) is 46.3 Å². The summed E-state index contributed by atoms with van der Waals surface area (Å²) < 4.78 is 5.71. The molecule has 0 saturated heterocycles. The minimum absolute atomic E-state index is 0.552. The van der Waals surface area contributed by atoms with E-state index in [9.17, 15) is 0 Å². The first-order valence-electron chi connectivity index (χ1n) is 5.19. The number of halogens is 2. The fourth-order valence-corrected chi connectivity index (χ4v) is 2.76. The van der Waals surface area contributed by atoms with E-state index in [1.807, 2.05) is 23.6 Å². The molecule has 90 valence electrons. The van der Waals surface area contributed by atoms with Gasteiger partial charge in [-0.25, -0.2) is 4.98 Å². The number of oxazole rings is 1. The first-order chi connectivity index (χ1) is 8.74. The number of hydrogen-bond donors (Lipinski definition) is 0. The monoisotopic (exact) mass is 295 g/mol. The zero-order valence-corrected chi connectivity index (χ0v) is 11.4. The third kappa shape index (κ3) is 2.17. The van der Waals surface area contributed by atoms with Gasteiger partial charge in [0.15, 0.2) is 5.76 Å². The van der Waals surface area contributed by atoms with Crippen molar-refractivity contribution in [1.29, 1.82) is 0 Å². The smallest absolute Gasteiger partial charge is 0.236 e. The summed E-state index contributed by atoms with van der Waals surface area (Å²) in [6.45, 7) is 0. The third-order valence-electron chi connectivity index (χ3n) is 2.43. The average Bonchev–Trinajstić information content (AvgIpc) is 2.99. The molecule has 3 aromatic rings. The van der Waals surface area contributed by atoms with Gasteiger partial charge in [-0.3, -0.25) is 0 Å². The Hall–Kier alpha value is -1.29. The van der Waals surface area contributed by atoms with Crippen molar-refractivity contribution in [3.8, 4) is 22.1 Å². The Balaban J connectivity index is 2.03. The van der Waals surface area contributed by atoms with Crippen molar-refractivity contribution in [1.82, 2.24) is 4.98 Å². The summed E-state index contributed by atoms with van der Waals surface area (Å²) in [5.74, 6) is 1.24. The van der Waals surface area contributed by atoms with E-state index in [-0.39, 0.29) is 0 Å². The maximum atomic E-state index is 6.13. The SMILES string of the molecule is Clc1ccc(-c2cnc(-c3cccs3)o2)c(Cl)c1. The van der Waals surface area contributed by atoms with Crippen LogP contribution in [0.25, 0.3) is 22.1 Å². The molecule has 1 aromatic carbocycles. The van der Waals surface area contributed by atoms with Gasteiger partial charge in [0.05, 0.1) is 16.1 Å². The van der Waals surface area contributed by atoms with Gasteiger partial charge in [-0.15, -0.1) is 11.3 Å². The molecule has 2 aromatic heterocycles. The molecule has 0 aliphatic carbocycles. The molecular weight excluding hydrogens is 289 g/mol. The molecule has 0 fully saturated rings. The number of rotatable bonds is 2. The summed E-state index contributed by atoms with van der Waals surface area (Å²) in [6, 6.07) is 9.20. The highest BCUT2D eigenvalue weighted by molar-refractivity contribution is 7.13. The lowest BCUT2D eigenvalue weighted by atomic mass is 10.2. The number of nitrogens with zero attached hydrogens (tertiary/aromatic N) is 1. The highest BCUT2D eigenvalue weighted by Crippen LogP contribution is 2.33. The lowest BCUT2D eigenvalue weighted by Gasteiger charge is -2.00. The van der Waals surface area contributed by atoms with Crippen LogP contribution >= 0.6 is 34.5 Å². The van der Waals surface area contributed by atoms with Crippen molar-refractivity contribution >= 4 is 34.5 Å². The maximum Gasteiger partial charge on any atom is 0.236 e. The van der Waals surface area contributed by atoms with E-state index in [2.05, 4.69) is 4.98 Å². The van der Waals surface area contributed by atoms with Gasteiger partial charge in [0.25, 0.3) is 0 Å². The highest BCUT2D eigenvalue weighted by Gasteiger charge is 2.11. The fraction of sp³-hybridized carbons (Fsp3) is 0. The topological polar surface area (TPSA) is 26.0 Å². The van der Waals surface area contributed by atoms with Gasteiger partial charge in [-0.2, -0.15) is 0 Å². The van der Waals surface area contributed by atoms with Crippen LogP contribution in [0.2, 0.25) is 10.0 Å². The van der Waals surface area contributed by atoms with Gasteiger partial charge in [-0.1, -0.05) is 29.3 Å². The first kappa shape index (κ1) is 11.8.